The largest absolute Gasteiger partial charge is 0.380 e. The third-order valence-electron chi connectivity index (χ3n) is 2.78. The molecule has 4 nitrogen and oxygen atoms in total. The van der Waals surface area contributed by atoms with Crippen molar-refractivity contribution in [2.45, 2.75) is 46.7 Å². The van der Waals surface area contributed by atoms with Crippen molar-refractivity contribution in [2.24, 2.45) is 11.7 Å². The van der Waals surface area contributed by atoms with Crippen molar-refractivity contribution in [1.82, 2.24) is 9.55 Å². The fourth-order valence-electron chi connectivity index (χ4n) is 1.56. The molecule has 0 radical (unpaired) electrons. The first-order valence-electron chi connectivity index (χ1n) is 6.37. The van der Waals surface area contributed by atoms with Crippen LogP contribution in [0.5, 0.6) is 0 Å². The fraction of sp³-hybridized carbons (Fsp3) is 0.769. The van der Waals surface area contributed by atoms with Gasteiger partial charge >= 0.3 is 0 Å². The molecule has 0 aliphatic rings. The van der Waals surface area contributed by atoms with E-state index in [1.54, 1.807) is 0 Å². The van der Waals surface area contributed by atoms with Gasteiger partial charge in [-0.1, -0.05) is 13.8 Å². The molecule has 4 heteroatoms. The number of hydrogen-bond acceptors (Lipinski definition) is 3. The predicted octanol–water partition coefficient (Wildman–Crippen LogP) is 2.27. The molecule has 1 aromatic rings. The molecule has 1 rings (SSSR count). The SMILES string of the molecule is Cc1nc([C@@H](C)N)cn1CCOCCC(C)C. The molecule has 1 atom stereocenters. The predicted molar refractivity (Wildman–Crippen MR) is 69.8 cm³/mol. The Kier molecular flexibility index (Phi) is 5.65. The zero-order valence-corrected chi connectivity index (χ0v) is 11.4. The Bertz CT molecular complexity index is 331. The zero-order valence-electron chi connectivity index (χ0n) is 11.4. The number of aryl methyl sites for hydroxylation is 1. The summed E-state index contributed by atoms with van der Waals surface area (Å²) in [4.78, 5) is 4.42. The smallest absolute Gasteiger partial charge is 0.105 e. The highest BCUT2D eigenvalue weighted by Gasteiger charge is 2.07. The summed E-state index contributed by atoms with van der Waals surface area (Å²) in [5, 5.41) is 0. The van der Waals surface area contributed by atoms with Gasteiger partial charge in [0, 0.05) is 25.4 Å². The van der Waals surface area contributed by atoms with E-state index in [-0.39, 0.29) is 6.04 Å². The molecule has 0 aromatic carbocycles. The van der Waals surface area contributed by atoms with Crippen LogP contribution in [0.4, 0.5) is 0 Å². The number of hydrogen-bond donors (Lipinski definition) is 1. The topological polar surface area (TPSA) is 53.1 Å². The van der Waals surface area contributed by atoms with E-state index >= 15 is 0 Å². The maximum atomic E-state index is 5.80. The minimum Gasteiger partial charge on any atom is -0.380 e. The van der Waals surface area contributed by atoms with Crippen LogP contribution in [-0.4, -0.2) is 22.8 Å². The summed E-state index contributed by atoms with van der Waals surface area (Å²) < 4.78 is 7.70. The van der Waals surface area contributed by atoms with Crippen molar-refractivity contribution >= 4 is 0 Å². The highest BCUT2D eigenvalue weighted by atomic mass is 16.5. The second kappa shape index (κ2) is 6.77. The summed E-state index contributed by atoms with van der Waals surface area (Å²) in [6.07, 6.45) is 3.14. The monoisotopic (exact) mass is 239 g/mol. The lowest BCUT2D eigenvalue weighted by molar-refractivity contribution is 0.116. The van der Waals surface area contributed by atoms with Crippen molar-refractivity contribution in [3.05, 3.63) is 17.7 Å². The molecular formula is C13H25N3O. The highest BCUT2D eigenvalue weighted by molar-refractivity contribution is 5.06. The molecule has 2 N–H and O–H groups in total. The van der Waals surface area contributed by atoms with E-state index in [1.807, 2.05) is 20.0 Å². The molecule has 1 heterocycles. The van der Waals surface area contributed by atoms with E-state index in [9.17, 15) is 0 Å². The van der Waals surface area contributed by atoms with Gasteiger partial charge in [-0.2, -0.15) is 0 Å². The quantitative estimate of drug-likeness (QED) is 0.743. The Morgan fingerprint density at radius 2 is 2.06 bits per heavy atom. The van der Waals surface area contributed by atoms with Crippen LogP contribution >= 0.6 is 0 Å². The Morgan fingerprint density at radius 3 is 2.59 bits per heavy atom. The van der Waals surface area contributed by atoms with Gasteiger partial charge in [-0.3, -0.25) is 0 Å². The maximum Gasteiger partial charge on any atom is 0.105 e. The number of ether oxygens (including phenoxy) is 1. The van der Waals surface area contributed by atoms with Crippen LogP contribution in [0.3, 0.4) is 0 Å². The molecule has 0 bridgehead atoms. The third-order valence-corrected chi connectivity index (χ3v) is 2.78. The zero-order chi connectivity index (χ0) is 12.8. The van der Waals surface area contributed by atoms with Crippen molar-refractivity contribution in [1.29, 1.82) is 0 Å². The number of imidazole rings is 1. The lowest BCUT2D eigenvalue weighted by Crippen LogP contribution is -2.08. The van der Waals surface area contributed by atoms with E-state index in [1.165, 1.54) is 0 Å². The highest BCUT2D eigenvalue weighted by Crippen LogP contribution is 2.09. The van der Waals surface area contributed by atoms with Gasteiger partial charge in [0.05, 0.1) is 12.3 Å². The number of nitrogens with zero attached hydrogens (tertiary/aromatic N) is 2. The van der Waals surface area contributed by atoms with Gasteiger partial charge in [-0.15, -0.1) is 0 Å². The molecule has 0 aliphatic heterocycles. The summed E-state index contributed by atoms with van der Waals surface area (Å²) in [5.74, 6) is 1.71. The minimum absolute atomic E-state index is 0.00295. The van der Waals surface area contributed by atoms with Gasteiger partial charge in [-0.05, 0) is 26.2 Å². The maximum absolute atomic E-state index is 5.80. The van der Waals surface area contributed by atoms with Crippen LogP contribution in [-0.2, 0) is 11.3 Å². The first-order valence-corrected chi connectivity index (χ1v) is 6.37. The molecule has 0 aliphatic carbocycles. The van der Waals surface area contributed by atoms with Gasteiger partial charge in [0.2, 0.25) is 0 Å². The lowest BCUT2D eigenvalue weighted by Gasteiger charge is -2.07. The summed E-state index contributed by atoms with van der Waals surface area (Å²) >= 11 is 0. The van der Waals surface area contributed by atoms with Crippen LogP contribution in [0.1, 0.15) is 44.8 Å². The van der Waals surface area contributed by atoms with E-state index in [0.29, 0.717) is 5.92 Å². The molecule has 0 saturated carbocycles. The van der Waals surface area contributed by atoms with Crippen LogP contribution in [0.2, 0.25) is 0 Å². The third kappa shape index (κ3) is 4.88. The fourth-order valence-corrected chi connectivity index (χ4v) is 1.56. The number of rotatable bonds is 7. The van der Waals surface area contributed by atoms with Crippen LogP contribution in [0.25, 0.3) is 0 Å². The first-order chi connectivity index (χ1) is 8.00. The van der Waals surface area contributed by atoms with Gasteiger partial charge in [0.15, 0.2) is 0 Å². The van der Waals surface area contributed by atoms with Crippen molar-refractivity contribution in [2.75, 3.05) is 13.2 Å². The summed E-state index contributed by atoms with van der Waals surface area (Å²) in [6, 6.07) is -0.00295. The number of aromatic nitrogens is 2. The molecular weight excluding hydrogens is 214 g/mol. The molecule has 17 heavy (non-hydrogen) atoms. The lowest BCUT2D eigenvalue weighted by atomic mass is 10.1. The van der Waals surface area contributed by atoms with E-state index in [2.05, 4.69) is 23.4 Å². The average molecular weight is 239 g/mol. The van der Waals surface area contributed by atoms with Gasteiger partial charge in [0.1, 0.15) is 5.82 Å². The average Bonchev–Trinajstić information content (AvgIpc) is 2.59. The van der Waals surface area contributed by atoms with Gasteiger partial charge < -0.3 is 15.0 Å². The van der Waals surface area contributed by atoms with Crippen LogP contribution in [0.15, 0.2) is 6.20 Å². The van der Waals surface area contributed by atoms with Crippen molar-refractivity contribution in [3.63, 3.8) is 0 Å². The van der Waals surface area contributed by atoms with Crippen molar-refractivity contribution < 1.29 is 4.74 Å². The molecule has 0 spiro atoms. The van der Waals surface area contributed by atoms with E-state index < -0.39 is 0 Å². The Hall–Kier alpha value is -0.870. The normalized spacial score (nSPS) is 13.3. The number of nitrogens with two attached hydrogens (primary N) is 1. The van der Waals surface area contributed by atoms with E-state index in [4.69, 9.17) is 10.5 Å². The van der Waals surface area contributed by atoms with Crippen LogP contribution < -0.4 is 5.73 Å². The second-order valence-corrected chi connectivity index (χ2v) is 4.99. The summed E-state index contributed by atoms with van der Waals surface area (Å²) in [6.45, 7) is 10.8. The second-order valence-electron chi connectivity index (χ2n) is 4.99. The van der Waals surface area contributed by atoms with Gasteiger partial charge in [-0.25, -0.2) is 4.98 Å². The van der Waals surface area contributed by atoms with Crippen molar-refractivity contribution in [3.8, 4) is 0 Å². The van der Waals surface area contributed by atoms with Gasteiger partial charge in [0.25, 0.3) is 0 Å². The molecule has 0 amide bonds. The van der Waals surface area contributed by atoms with Crippen LogP contribution in [0, 0.1) is 12.8 Å². The molecule has 0 fully saturated rings. The Labute approximate surface area is 104 Å². The molecule has 98 valence electrons. The molecule has 0 unspecified atom stereocenters. The molecule has 1 aromatic heterocycles. The summed E-state index contributed by atoms with van der Waals surface area (Å²) in [5.41, 5.74) is 6.75. The summed E-state index contributed by atoms with van der Waals surface area (Å²) in [7, 11) is 0. The van der Waals surface area contributed by atoms with E-state index in [0.717, 1.165) is 37.7 Å². The standard InChI is InChI=1S/C13H25N3O/c1-10(2)5-7-17-8-6-16-9-13(11(3)14)15-12(16)4/h9-11H,5-8,14H2,1-4H3/t11-/m1/s1. The first kappa shape index (κ1) is 14.2. The minimum atomic E-state index is -0.00295. The Morgan fingerprint density at radius 1 is 1.35 bits per heavy atom. The molecule has 0 saturated heterocycles. The Balaban J connectivity index is 2.31.